The number of thiophene rings is 1. The number of carbonyl (C=O) groups excluding carboxylic acids is 1. The van der Waals surface area contributed by atoms with Crippen molar-refractivity contribution in [1.29, 1.82) is 0 Å². The summed E-state index contributed by atoms with van der Waals surface area (Å²) in [6, 6.07) is 0. The minimum Gasteiger partial charge on any atom is -0.336 e. The van der Waals surface area contributed by atoms with Crippen LogP contribution in [0.25, 0.3) is 15.9 Å². The Labute approximate surface area is 137 Å². The van der Waals surface area contributed by atoms with Gasteiger partial charge in [0.1, 0.15) is 11.2 Å². The molecule has 1 amide bonds. The van der Waals surface area contributed by atoms with Crippen LogP contribution >= 0.6 is 11.3 Å². The second-order valence-corrected chi connectivity index (χ2v) is 7.42. The molecule has 1 fully saturated rings. The van der Waals surface area contributed by atoms with Gasteiger partial charge in [0, 0.05) is 18.0 Å². The molecular weight excluding hydrogens is 310 g/mol. The lowest BCUT2D eigenvalue weighted by molar-refractivity contribution is 0.0781. The van der Waals surface area contributed by atoms with E-state index in [9.17, 15) is 4.79 Å². The summed E-state index contributed by atoms with van der Waals surface area (Å²) in [5.41, 5.74) is 2.17. The molecule has 0 N–H and O–H groups in total. The van der Waals surface area contributed by atoms with Gasteiger partial charge in [-0.25, -0.2) is 14.5 Å². The number of aromatic nitrogens is 4. The van der Waals surface area contributed by atoms with Gasteiger partial charge in [-0.1, -0.05) is 0 Å². The van der Waals surface area contributed by atoms with Gasteiger partial charge in [0.15, 0.2) is 5.65 Å². The number of nitrogens with zero attached hydrogens (tertiary/aromatic N) is 5. The fourth-order valence-electron chi connectivity index (χ4n) is 3.71. The van der Waals surface area contributed by atoms with Crippen LogP contribution in [0.2, 0.25) is 0 Å². The molecule has 2 aliphatic rings. The third kappa shape index (κ3) is 1.99. The van der Waals surface area contributed by atoms with E-state index in [1.54, 1.807) is 22.2 Å². The average Bonchev–Trinajstić information content (AvgIpc) is 3.30. The van der Waals surface area contributed by atoms with Gasteiger partial charge in [-0.3, -0.25) is 4.79 Å². The Morgan fingerprint density at radius 1 is 1.13 bits per heavy atom. The van der Waals surface area contributed by atoms with Crippen LogP contribution in [-0.4, -0.2) is 43.5 Å². The van der Waals surface area contributed by atoms with Crippen molar-refractivity contribution in [3.8, 4) is 0 Å². The van der Waals surface area contributed by atoms with Crippen LogP contribution < -0.4 is 0 Å². The first-order chi connectivity index (χ1) is 11.3. The Morgan fingerprint density at radius 3 is 2.83 bits per heavy atom. The van der Waals surface area contributed by atoms with Crippen LogP contribution in [0.1, 0.15) is 46.7 Å². The minimum absolute atomic E-state index is 0.0524. The van der Waals surface area contributed by atoms with Gasteiger partial charge >= 0.3 is 0 Å². The second-order valence-electron chi connectivity index (χ2n) is 6.34. The number of likely N-dealkylation sites (tertiary alicyclic amines) is 1. The molecule has 0 spiro atoms. The number of carbonyl (C=O) groups is 1. The summed E-state index contributed by atoms with van der Waals surface area (Å²) in [5.74, 6) is 0.250. The van der Waals surface area contributed by atoms with E-state index < -0.39 is 0 Å². The Balaban J connectivity index is 1.68. The van der Waals surface area contributed by atoms with Crippen LogP contribution in [0, 0.1) is 0 Å². The van der Waals surface area contributed by atoms with Gasteiger partial charge in [-0.2, -0.15) is 0 Å². The quantitative estimate of drug-likeness (QED) is 0.689. The Hall–Kier alpha value is -2.02. The number of amides is 1. The summed E-state index contributed by atoms with van der Waals surface area (Å²) < 4.78 is 1.67. The first-order valence-corrected chi connectivity index (χ1v) is 9.08. The fraction of sp³-hybridized carbons (Fsp3) is 0.500. The van der Waals surface area contributed by atoms with Gasteiger partial charge in [0.25, 0.3) is 5.91 Å². The molecule has 1 aliphatic carbocycles. The second kappa shape index (κ2) is 4.99. The SMILES string of the molecule is O=C(c1nc2c3c4c(sc3ncn2n1)CCCC4)N1CCCC1. The van der Waals surface area contributed by atoms with E-state index in [1.807, 2.05) is 4.90 Å². The highest BCUT2D eigenvalue weighted by molar-refractivity contribution is 7.19. The number of hydrogen-bond donors (Lipinski definition) is 0. The lowest BCUT2D eigenvalue weighted by Gasteiger charge is -2.11. The highest BCUT2D eigenvalue weighted by Crippen LogP contribution is 2.36. The van der Waals surface area contributed by atoms with Crippen LogP contribution in [0.15, 0.2) is 6.33 Å². The van der Waals surface area contributed by atoms with Crippen LogP contribution in [0.5, 0.6) is 0 Å². The molecular formula is C16H17N5OS. The van der Waals surface area contributed by atoms with E-state index in [0.717, 1.165) is 54.6 Å². The number of fused-ring (bicyclic) bond motifs is 5. The normalized spacial score (nSPS) is 18.0. The van der Waals surface area contributed by atoms with Gasteiger partial charge in [-0.15, -0.1) is 16.4 Å². The summed E-state index contributed by atoms with van der Waals surface area (Å²) >= 11 is 1.77. The van der Waals surface area contributed by atoms with Gasteiger partial charge in [-0.05, 0) is 44.1 Å². The van der Waals surface area contributed by atoms with Crippen LogP contribution in [-0.2, 0) is 12.8 Å². The summed E-state index contributed by atoms with van der Waals surface area (Å²) in [6.07, 6.45) is 8.52. The van der Waals surface area contributed by atoms with E-state index >= 15 is 0 Å². The van der Waals surface area contributed by atoms with E-state index in [1.165, 1.54) is 23.3 Å². The molecule has 6 nitrogen and oxygen atoms in total. The standard InChI is InChI=1S/C16H17N5OS/c22-16(20-7-3-4-8-20)13-18-14-12-10-5-1-2-6-11(10)23-15(12)17-9-21(14)19-13/h9H,1-8H2. The van der Waals surface area contributed by atoms with E-state index in [-0.39, 0.29) is 5.91 Å². The molecule has 7 heteroatoms. The first kappa shape index (κ1) is 13.4. The lowest BCUT2D eigenvalue weighted by atomic mass is 9.97. The first-order valence-electron chi connectivity index (χ1n) is 8.26. The van der Waals surface area contributed by atoms with E-state index in [4.69, 9.17) is 0 Å². The molecule has 4 heterocycles. The number of aryl methyl sites for hydroxylation is 2. The van der Waals surface area contributed by atoms with E-state index in [2.05, 4.69) is 15.1 Å². The number of hydrogen-bond acceptors (Lipinski definition) is 5. The summed E-state index contributed by atoms with van der Waals surface area (Å²) in [5, 5.41) is 5.50. The van der Waals surface area contributed by atoms with Gasteiger partial charge in [0.05, 0.1) is 5.39 Å². The molecule has 1 saturated heterocycles. The molecule has 0 radical (unpaired) electrons. The summed E-state index contributed by atoms with van der Waals surface area (Å²) in [4.78, 5) is 26.0. The predicted molar refractivity (Wildman–Crippen MR) is 87.9 cm³/mol. The Kier molecular flexibility index (Phi) is 2.91. The zero-order valence-electron chi connectivity index (χ0n) is 12.8. The van der Waals surface area contributed by atoms with Crippen molar-refractivity contribution in [2.75, 3.05) is 13.1 Å². The maximum absolute atomic E-state index is 12.5. The highest BCUT2D eigenvalue weighted by Gasteiger charge is 2.25. The molecule has 3 aromatic heterocycles. The summed E-state index contributed by atoms with van der Waals surface area (Å²) in [7, 11) is 0. The Morgan fingerprint density at radius 2 is 1.96 bits per heavy atom. The largest absolute Gasteiger partial charge is 0.336 e. The topological polar surface area (TPSA) is 63.4 Å². The zero-order valence-corrected chi connectivity index (χ0v) is 13.6. The molecule has 5 rings (SSSR count). The highest BCUT2D eigenvalue weighted by atomic mass is 32.1. The zero-order chi connectivity index (χ0) is 15.4. The van der Waals surface area contributed by atoms with Crippen LogP contribution in [0.4, 0.5) is 0 Å². The number of rotatable bonds is 1. The van der Waals surface area contributed by atoms with Crippen molar-refractivity contribution in [2.45, 2.75) is 38.5 Å². The van der Waals surface area contributed by atoms with Crippen molar-refractivity contribution < 1.29 is 4.79 Å². The Bertz CT molecular complexity index is 921. The molecule has 1 aliphatic heterocycles. The lowest BCUT2D eigenvalue weighted by Crippen LogP contribution is -2.28. The molecule has 0 atom stereocenters. The van der Waals surface area contributed by atoms with Crippen molar-refractivity contribution in [1.82, 2.24) is 24.5 Å². The molecule has 0 unspecified atom stereocenters. The minimum atomic E-state index is -0.0524. The van der Waals surface area contributed by atoms with Crippen molar-refractivity contribution >= 4 is 33.1 Å². The summed E-state index contributed by atoms with van der Waals surface area (Å²) in [6.45, 7) is 1.63. The fourth-order valence-corrected chi connectivity index (χ4v) is 4.93. The molecule has 0 saturated carbocycles. The monoisotopic (exact) mass is 327 g/mol. The predicted octanol–water partition coefficient (Wildman–Crippen LogP) is 2.45. The molecule has 0 bridgehead atoms. The smallest absolute Gasteiger partial charge is 0.293 e. The molecule has 0 aromatic carbocycles. The van der Waals surface area contributed by atoms with Gasteiger partial charge in [0.2, 0.25) is 5.82 Å². The molecule has 3 aromatic rings. The van der Waals surface area contributed by atoms with Crippen molar-refractivity contribution in [3.63, 3.8) is 0 Å². The third-order valence-electron chi connectivity index (χ3n) is 4.88. The van der Waals surface area contributed by atoms with Gasteiger partial charge < -0.3 is 4.90 Å². The van der Waals surface area contributed by atoms with Crippen molar-refractivity contribution in [3.05, 3.63) is 22.6 Å². The average molecular weight is 327 g/mol. The molecule has 118 valence electrons. The van der Waals surface area contributed by atoms with Crippen molar-refractivity contribution in [2.24, 2.45) is 0 Å². The maximum atomic E-state index is 12.5. The maximum Gasteiger partial charge on any atom is 0.293 e. The van der Waals surface area contributed by atoms with E-state index in [0.29, 0.717) is 5.82 Å². The molecule has 23 heavy (non-hydrogen) atoms. The van der Waals surface area contributed by atoms with Crippen LogP contribution in [0.3, 0.4) is 0 Å². The third-order valence-corrected chi connectivity index (χ3v) is 6.08.